The Bertz CT molecular complexity index is 356. The summed E-state index contributed by atoms with van der Waals surface area (Å²) < 4.78 is 11.2. The molecule has 19 heavy (non-hydrogen) atoms. The van der Waals surface area contributed by atoms with E-state index in [4.69, 9.17) is 15.2 Å². The molecule has 0 bridgehead atoms. The van der Waals surface area contributed by atoms with Gasteiger partial charge in [-0.25, -0.2) is 0 Å². The zero-order chi connectivity index (χ0) is 14.1. The molecular weight excluding hydrogens is 240 g/mol. The maximum absolute atomic E-state index is 5.80. The Labute approximate surface area is 116 Å². The summed E-state index contributed by atoms with van der Waals surface area (Å²) in [7, 11) is 2.10. The summed E-state index contributed by atoms with van der Waals surface area (Å²) in [6.45, 7) is 7.51. The van der Waals surface area contributed by atoms with Crippen LogP contribution in [0.25, 0.3) is 0 Å². The molecule has 0 amide bonds. The quantitative estimate of drug-likeness (QED) is 0.551. The summed E-state index contributed by atoms with van der Waals surface area (Å²) in [4.78, 5) is 2.25. The number of hydrogen-bond acceptors (Lipinski definition) is 4. The molecule has 0 aromatic heterocycles. The normalized spacial score (nSPS) is 11.2. The highest BCUT2D eigenvalue weighted by atomic mass is 16.5. The monoisotopic (exact) mass is 266 g/mol. The average Bonchev–Trinajstić information content (AvgIpc) is 2.36. The van der Waals surface area contributed by atoms with E-state index >= 15 is 0 Å². The molecule has 108 valence electrons. The molecule has 0 saturated carbocycles. The zero-order valence-corrected chi connectivity index (χ0v) is 12.3. The molecule has 0 unspecified atom stereocenters. The Balaban J connectivity index is 2.09. The van der Waals surface area contributed by atoms with Crippen molar-refractivity contribution in [2.45, 2.75) is 26.4 Å². The van der Waals surface area contributed by atoms with Crippen molar-refractivity contribution in [2.24, 2.45) is 0 Å². The van der Waals surface area contributed by atoms with Gasteiger partial charge in [0.15, 0.2) is 0 Å². The molecule has 1 rings (SSSR count). The molecule has 2 N–H and O–H groups in total. The number of para-hydroxylation sites is 2. The van der Waals surface area contributed by atoms with Gasteiger partial charge in [-0.05, 0) is 39.4 Å². The van der Waals surface area contributed by atoms with Crippen molar-refractivity contribution in [1.82, 2.24) is 4.90 Å². The highest BCUT2D eigenvalue weighted by molar-refractivity contribution is 5.51. The van der Waals surface area contributed by atoms with Crippen LogP contribution in [0, 0.1) is 0 Å². The number of rotatable bonds is 9. The van der Waals surface area contributed by atoms with Crippen LogP contribution in [0.5, 0.6) is 5.75 Å². The van der Waals surface area contributed by atoms with E-state index in [0.29, 0.717) is 18.4 Å². The Morgan fingerprint density at radius 1 is 1.16 bits per heavy atom. The first kappa shape index (κ1) is 15.8. The lowest BCUT2D eigenvalue weighted by molar-refractivity contribution is 0.0630. The molecule has 0 aliphatic rings. The largest absolute Gasteiger partial charge is 0.491 e. The molecule has 1 aromatic rings. The fourth-order valence-electron chi connectivity index (χ4n) is 1.68. The van der Waals surface area contributed by atoms with Gasteiger partial charge < -0.3 is 20.1 Å². The first-order valence-corrected chi connectivity index (χ1v) is 6.87. The molecular formula is C15H26N2O2. The number of nitrogen functional groups attached to an aromatic ring is 1. The third-order valence-corrected chi connectivity index (χ3v) is 2.78. The lowest BCUT2D eigenvalue weighted by Gasteiger charge is -2.17. The minimum atomic E-state index is 0.304. The molecule has 0 radical (unpaired) electrons. The van der Waals surface area contributed by atoms with Gasteiger partial charge in [0.25, 0.3) is 0 Å². The number of benzene rings is 1. The van der Waals surface area contributed by atoms with Crippen molar-refractivity contribution in [3.63, 3.8) is 0 Å². The van der Waals surface area contributed by atoms with E-state index in [1.807, 2.05) is 24.3 Å². The number of likely N-dealkylation sites (N-methyl/N-ethyl adjacent to an activating group) is 1. The number of hydrogen-bond donors (Lipinski definition) is 1. The second-order valence-electron chi connectivity index (χ2n) is 4.96. The Kier molecular flexibility index (Phi) is 7.30. The number of ether oxygens (including phenoxy) is 2. The molecule has 0 aliphatic heterocycles. The van der Waals surface area contributed by atoms with Gasteiger partial charge in [0.2, 0.25) is 0 Å². The fraction of sp³-hybridized carbons (Fsp3) is 0.600. The van der Waals surface area contributed by atoms with Gasteiger partial charge in [-0.1, -0.05) is 12.1 Å². The smallest absolute Gasteiger partial charge is 0.142 e. The predicted molar refractivity (Wildman–Crippen MR) is 79.6 cm³/mol. The molecule has 0 saturated heterocycles. The third-order valence-electron chi connectivity index (χ3n) is 2.78. The van der Waals surface area contributed by atoms with Crippen molar-refractivity contribution in [3.05, 3.63) is 24.3 Å². The third kappa shape index (κ3) is 7.03. The fourth-order valence-corrected chi connectivity index (χ4v) is 1.68. The van der Waals surface area contributed by atoms with Crippen molar-refractivity contribution in [1.29, 1.82) is 0 Å². The molecule has 4 nitrogen and oxygen atoms in total. The maximum atomic E-state index is 5.80. The molecule has 0 aliphatic carbocycles. The molecule has 0 spiro atoms. The Morgan fingerprint density at radius 2 is 1.89 bits per heavy atom. The number of anilines is 1. The van der Waals surface area contributed by atoms with Crippen LogP contribution in [0.3, 0.4) is 0 Å². The van der Waals surface area contributed by atoms with E-state index < -0.39 is 0 Å². The molecule has 1 aromatic carbocycles. The van der Waals surface area contributed by atoms with Gasteiger partial charge in [-0.2, -0.15) is 0 Å². The van der Waals surface area contributed by atoms with Gasteiger partial charge in [0.05, 0.1) is 25.0 Å². The van der Waals surface area contributed by atoms with Crippen LogP contribution in [-0.4, -0.2) is 44.4 Å². The van der Waals surface area contributed by atoms with Crippen molar-refractivity contribution >= 4 is 5.69 Å². The second-order valence-corrected chi connectivity index (χ2v) is 4.96. The van der Waals surface area contributed by atoms with Crippen LogP contribution in [0.2, 0.25) is 0 Å². The topological polar surface area (TPSA) is 47.7 Å². The Hall–Kier alpha value is -1.26. The molecule has 0 heterocycles. The highest BCUT2D eigenvalue weighted by Gasteiger charge is 2.01. The lowest BCUT2D eigenvalue weighted by Crippen LogP contribution is -2.26. The van der Waals surface area contributed by atoms with Crippen molar-refractivity contribution in [3.8, 4) is 5.75 Å². The van der Waals surface area contributed by atoms with Gasteiger partial charge in [0.1, 0.15) is 5.75 Å². The van der Waals surface area contributed by atoms with Gasteiger partial charge in [-0.3, -0.25) is 0 Å². The van der Waals surface area contributed by atoms with E-state index in [1.165, 1.54) is 0 Å². The van der Waals surface area contributed by atoms with Crippen LogP contribution in [0.15, 0.2) is 24.3 Å². The highest BCUT2D eigenvalue weighted by Crippen LogP contribution is 2.19. The first-order valence-electron chi connectivity index (χ1n) is 6.87. The zero-order valence-electron chi connectivity index (χ0n) is 12.3. The van der Waals surface area contributed by atoms with E-state index in [1.54, 1.807) is 0 Å². The van der Waals surface area contributed by atoms with Crippen LogP contribution in [-0.2, 0) is 4.74 Å². The first-order chi connectivity index (χ1) is 9.09. The Morgan fingerprint density at radius 3 is 2.58 bits per heavy atom. The van der Waals surface area contributed by atoms with Gasteiger partial charge in [0, 0.05) is 13.1 Å². The minimum absolute atomic E-state index is 0.304. The van der Waals surface area contributed by atoms with Crippen molar-refractivity contribution in [2.75, 3.05) is 39.1 Å². The summed E-state index contributed by atoms with van der Waals surface area (Å²) >= 11 is 0. The van der Waals surface area contributed by atoms with Crippen LogP contribution in [0.4, 0.5) is 5.69 Å². The summed E-state index contributed by atoms with van der Waals surface area (Å²) in [5.74, 6) is 0.772. The van der Waals surface area contributed by atoms with E-state index in [2.05, 4.69) is 25.8 Å². The van der Waals surface area contributed by atoms with Crippen LogP contribution in [0.1, 0.15) is 20.3 Å². The van der Waals surface area contributed by atoms with E-state index in [9.17, 15) is 0 Å². The lowest BCUT2D eigenvalue weighted by atomic mass is 10.3. The average molecular weight is 266 g/mol. The van der Waals surface area contributed by atoms with E-state index in [0.717, 1.165) is 31.9 Å². The van der Waals surface area contributed by atoms with Crippen LogP contribution < -0.4 is 10.5 Å². The summed E-state index contributed by atoms with van der Waals surface area (Å²) in [5.41, 5.74) is 6.50. The minimum Gasteiger partial charge on any atom is -0.491 e. The number of nitrogens with two attached hydrogens (primary N) is 1. The molecule has 0 atom stereocenters. The van der Waals surface area contributed by atoms with Crippen LogP contribution >= 0.6 is 0 Å². The van der Waals surface area contributed by atoms with E-state index in [-0.39, 0.29) is 0 Å². The van der Waals surface area contributed by atoms with Crippen molar-refractivity contribution < 1.29 is 9.47 Å². The number of nitrogens with zero attached hydrogens (tertiary/aromatic N) is 1. The van der Waals surface area contributed by atoms with Gasteiger partial charge in [-0.15, -0.1) is 0 Å². The second kappa shape index (κ2) is 8.77. The summed E-state index contributed by atoms with van der Waals surface area (Å²) in [6, 6.07) is 7.59. The standard InChI is InChI=1S/C15H26N2O2/c1-13(2)18-12-10-17(3)9-6-11-19-15-8-5-4-7-14(15)16/h4-5,7-8,13H,6,9-12,16H2,1-3H3. The SMILES string of the molecule is CC(C)OCCN(C)CCCOc1ccccc1N. The predicted octanol–water partition coefficient (Wildman–Crippen LogP) is 2.39. The summed E-state index contributed by atoms with van der Waals surface area (Å²) in [6.07, 6.45) is 1.28. The van der Waals surface area contributed by atoms with Gasteiger partial charge >= 0.3 is 0 Å². The molecule has 0 fully saturated rings. The molecule has 4 heteroatoms. The maximum Gasteiger partial charge on any atom is 0.142 e. The summed E-state index contributed by atoms with van der Waals surface area (Å²) in [5, 5.41) is 0.